The Bertz CT molecular complexity index is 512. The summed E-state index contributed by atoms with van der Waals surface area (Å²) in [6, 6.07) is 4.51. The van der Waals surface area contributed by atoms with Crippen molar-refractivity contribution in [3.8, 4) is 0 Å². The number of hydrogen-bond acceptors (Lipinski definition) is 3. The Morgan fingerprint density at radius 3 is 3.00 bits per heavy atom. The first-order valence-electron chi connectivity index (χ1n) is 6.95. The van der Waals surface area contributed by atoms with Gasteiger partial charge in [0, 0.05) is 6.61 Å². The summed E-state index contributed by atoms with van der Waals surface area (Å²) in [7, 11) is 0. The van der Waals surface area contributed by atoms with E-state index in [1.54, 1.807) is 17.8 Å². The Hall–Kier alpha value is -0.780. The van der Waals surface area contributed by atoms with Crippen molar-refractivity contribution in [2.75, 3.05) is 12.4 Å². The molecule has 0 radical (unpaired) electrons. The van der Waals surface area contributed by atoms with Crippen molar-refractivity contribution in [2.45, 2.75) is 37.7 Å². The molecule has 0 bridgehead atoms. The summed E-state index contributed by atoms with van der Waals surface area (Å²) >= 11 is 7.28. The van der Waals surface area contributed by atoms with Crippen LogP contribution in [0.5, 0.6) is 0 Å². The molecule has 0 aromatic heterocycles. The van der Waals surface area contributed by atoms with Crippen molar-refractivity contribution in [1.82, 2.24) is 5.32 Å². The SMILES string of the molecule is CC(C)SCC(=O)N[C@@H]1CCO[C@H]1c1ccc(Cl)c(F)c1. The van der Waals surface area contributed by atoms with Gasteiger partial charge >= 0.3 is 0 Å². The molecule has 6 heteroatoms. The number of thioether (sulfide) groups is 1. The number of ether oxygens (including phenoxy) is 1. The summed E-state index contributed by atoms with van der Waals surface area (Å²) in [4.78, 5) is 11.9. The number of carbonyl (C=O) groups excluding carboxylic acids is 1. The van der Waals surface area contributed by atoms with Crippen molar-refractivity contribution in [2.24, 2.45) is 0 Å². The van der Waals surface area contributed by atoms with Gasteiger partial charge < -0.3 is 10.1 Å². The van der Waals surface area contributed by atoms with Gasteiger partial charge in [0.2, 0.25) is 5.91 Å². The normalized spacial score (nSPS) is 21.8. The summed E-state index contributed by atoms with van der Waals surface area (Å²) in [5.74, 6) is -0.0516. The van der Waals surface area contributed by atoms with Gasteiger partial charge in [0.05, 0.1) is 16.8 Å². The van der Waals surface area contributed by atoms with Crippen molar-refractivity contribution in [3.05, 3.63) is 34.6 Å². The smallest absolute Gasteiger partial charge is 0.230 e. The lowest BCUT2D eigenvalue weighted by Gasteiger charge is -2.20. The molecule has 1 aromatic carbocycles. The van der Waals surface area contributed by atoms with Crippen LogP contribution in [0.15, 0.2) is 18.2 Å². The van der Waals surface area contributed by atoms with E-state index in [4.69, 9.17) is 16.3 Å². The lowest BCUT2D eigenvalue weighted by atomic mass is 10.0. The van der Waals surface area contributed by atoms with Crippen LogP contribution in [0.4, 0.5) is 4.39 Å². The lowest BCUT2D eigenvalue weighted by Crippen LogP contribution is -2.38. The second-order valence-electron chi connectivity index (χ2n) is 5.29. The molecule has 0 spiro atoms. The molecule has 1 amide bonds. The van der Waals surface area contributed by atoms with Crippen LogP contribution >= 0.6 is 23.4 Å². The standard InChI is InChI=1S/C15H19ClFNO2S/c1-9(2)21-8-14(19)18-13-5-6-20-15(13)10-3-4-11(16)12(17)7-10/h3-4,7,9,13,15H,5-6,8H2,1-2H3,(H,18,19)/t13-,15+/m1/s1. The third kappa shape index (κ3) is 4.59. The molecule has 2 rings (SSSR count). The van der Waals surface area contributed by atoms with Crippen molar-refractivity contribution < 1.29 is 13.9 Å². The van der Waals surface area contributed by atoms with Gasteiger partial charge in [-0.3, -0.25) is 4.79 Å². The monoisotopic (exact) mass is 331 g/mol. The molecule has 2 atom stereocenters. The van der Waals surface area contributed by atoms with E-state index < -0.39 is 5.82 Å². The van der Waals surface area contributed by atoms with Crippen LogP contribution in [-0.4, -0.2) is 29.6 Å². The van der Waals surface area contributed by atoms with Crippen LogP contribution in [0.2, 0.25) is 5.02 Å². The molecule has 0 unspecified atom stereocenters. The van der Waals surface area contributed by atoms with Gasteiger partial charge in [-0.2, -0.15) is 0 Å². The minimum absolute atomic E-state index is 0.0105. The van der Waals surface area contributed by atoms with E-state index in [0.717, 1.165) is 6.42 Å². The molecule has 1 aliphatic rings. The van der Waals surface area contributed by atoms with Gasteiger partial charge in [-0.25, -0.2) is 4.39 Å². The van der Waals surface area contributed by atoms with E-state index in [0.29, 0.717) is 23.2 Å². The minimum Gasteiger partial charge on any atom is -0.371 e. The first kappa shape index (κ1) is 16.6. The van der Waals surface area contributed by atoms with Crippen molar-refractivity contribution >= 4 is 29.3 Å². The Morgan fingerprint density at radius 2 is 2.33 bits per heavy atom. The highest BCUT2D eigenvalue weighted by Gasteiger charge is 2.31. The average molecular weight is 332 g/mol. The second-order valence-corrected chi connectivity index (χ2v) is 7.26. The Labute approximate surface area is 133 Å². The molecule has 0 saturated carbocycles. The number of rotatable bonds is 5. The first-order valence-corrected chi connectivity index (χ1v) is 8.37. The van der Waals surface area contributed by atoms with Gasteiger partial charge in [0.1, 0.15) is 11.9 Å². The molecule has 1 fully saturated rings. The maximum Gasteiger partial charge on any atom is 0.230 e. The fraction of sp³-hybridized carbons (Fsp3) is 0.533. The second kappa shape index (κ2) is 7.47. The van der Waals surface area contributed by atoms with E-state index in [1.165, 1.54) is 12.1 Å². The summed E-state index contributed by atoms with van der Waals surface area (Å²) in [6.45, 7) is 4.66. The number of halogens is 2. The summed E-state index contributed by atoms with van der Waals surface area (Å²) in [5, 5.41) is 3.48. The fourth-order valence-electron chi connectivity index (χ4n) is 2.25. The van der Waals surface area contributed by atoms with E-state index in [1.807, 2.05) is 0 Å². The number of carbonyl (C=O) groups is 1. The molecule has 1 heterocycles. The lowest BCUT2D eigenvalue weighted by molar-refractivity contribution is -0.119. The zero-order chi connectivity index (χ0) is 15.4. The van der Waals surface area contributed by atoms with Gasteiger partial charge in [0.25, 0.3) is 0 Å². The predicted octanol–water partition coefficient (Wildman–Crippen LogP) is 3.57. The minimum atomic E-state index is -0.467. The van der Waals surface area contributed by atoms with Gasteiger partial charge in [-0.05, 0) is 29.4 Å². The van der Waals surface area contributed by atoms with Crippen LogP contribution in [0, 0.1) is 5.82 Å². The Balaban J connectivity index is 1.99. The zero-order valence-corrected chi connectivity index (χ0v) is 13.6. The molecule has 21 heavy (non-hydrogen) atoms. The van der Waals surface area contributed by atoms with Gasteiger partial charge in [0.15, 0.2) is 0 Å². The third-order valence-corrected chi connectivity index (χ3v) is 4.66. The average Bonchev–Trinajstić information content (AvgIpc) is 2.87. The van der Waals surface area contributed by atoms with Crippen LogP contribution in [0.3, 0.4) is 0 Å². The Kier molecular flexibility index (Phi) is 5.90. The summed E-state index contributed by atoms with van der Waals surface area (Å²) in [6.07, 6.45) is 0.414. The molecular formula is C15H19ClFNO2S. The molecule has 1 saturated heterocycles. The Morgan fingerprint density at radius 1 is 1.57 bits per heavy atom. The van der Waals surface area contributed by atoms with Crippen molar-refractivity contribution in [1.29, 1.82) is 0 Å². The maximum absolute atomic E-state index is 13.6. The number of amides is 1. The molecule has 1 aromatic rings. The fourth-order valence-corrected chi connectivity index (χ4v) is 2.93. The van der Waals surface area contributed by atoms with Crippen LogP contribution in [0.1, 0.15) is 31.9 Å². The predicted molar refractivity (Wildman–Crippen MR) is 84.2 cm³/mol. The largest absolute Gasteiger partial charge is 0.371 e. The molecule has 1 aliphatic heterocycles. The number of hydrogen-bond donors (Lipinski definition) is 1. The highest BCUT2D eigenvalue weighted by Crippen LogP contribution is 2.31. The molecule has 0 aliphatic carbocycles. The third-order valence-electron chi connectivity index (χ3n) is 3.26. The van der Waals surface area contributed by atoms with Gasteiger partial charge in [-0.15, -0.1) is 11.8 Å². The van der Waals surface area contributed by atoms with E-state index in [-0.39, 0.29) is 23.1 Å². The number of benzene rings is 1. The highest BCUT2D eigenvalue weighted by atomic mass is 35.5. The summed E-state index contributed by atoms with van der Waals surface area (Å²) in [5.41, 5.74) is 0.705. The summed E-state index contributed by atoms with van der Waals surface area (Å²) < 4.78 is 19.2. The zero-order valence-electron chi connectivity index (χ0n) is 12.1. The first-order chi connectivity index (χ1) is 9.97. The van der Waals surface area contributed by atoms with E-state index >= 15 is 0 Å². The quantitative estimate of drug-likeness (QED) is 0.896. The van der Waals surface area contributed by atoms with E-state index in [2.05, 4.69) is 19.2 Å². The van der Waals surface area contributed by atoms with E-state index in [9.17, 15) is 9.18 Å². The molecular weight excluding hydrogens is 313 g/mol. The molecule has 3 nitrogen and oxygen atoms in total. The molecule has 116 valence electrons. The van der Waals surface area contributed by atoms with Gasteiger partial charge in [-0.1, -0.05) is 31.5 Å². The highest BCUT2D eigenvalue weighted by molar-refractivity contribution is 8.00. The maximum atomic E-state index is 13.6. The van der Waals surface area contributed by atoms with Crippen LogP contribution in [-0.2, 0) is 9.53 Å². The van der Waals surface area contributed by atoms with Crippen LogP contribution < -0.4 is 5.32 Å². The number of nitrogens with one attached hydrogen (secondary N) is 1. The van der Waals surface area contributed by atoms with Crippen molar-refractivity contribution in [3.63, 3.8) is 0 Å². The topological polar surface area (TPSA) is 38.3 Å². The van der Waals surface area contributed by atoms with Crippen LogP contribution in [0.25, 0.3) is 0 Å². The molecule has 1 N–H and O–H groups in total.